The molecule has 0 amide bonds. The molecule has 0 spiro atoms. The maximum Gasteiger partial charge on any atom is 0.244 e. The van der Waals surface area contributed by atoms with Gasteiger partial charge < -0.3 is 10.3 Å². The van der Waals surface area contributed by atoms with Gasteiger partial charge in [-0.3, -0.25) is 0 Å². The van der Waals surface area contributed by atoms with Gasteiger partial charge in [-0.2, -0.15) is 4.98 Å². The second-order valence-corrected chi connectivity index (χ2v) is 5.54. The van der Waals surface area contributed by atoms with Gasteiger partial charge in [0.1, 0.15) is 0 Å². The van der Waals surface area contributed by atoms with Crippen LogP contribution >= 0.6 is 0 Å². The first kappa shape index (κ1) is 10.6. The van der Waals surface area contributed by atoms with Crippen LogP contribution in [0.5, 0.6) is 0 Å². The Morgan fingerprint density at radius 1 is 1.47 bits per heavy atom. The van der Waals surface area contributed by atoms with E-state index in [1.807, 2.05) is 0 Å². The summed E-state index contributed by atoms with van der Waals surface area (Å²) in [4.78, 5) is 4.35. The van der Waals surface area contributed by atoms with E-state index in [2.05, 4.69) is 30.9 Å². The minimum Gasteiger partial charge on any atom is -0.338 e. The van der Waals surface area contributed by atoms with Crippen molar-refractivity contribution in [2.45, 2.75) is 46.1 Å². The molecule has 1 atom stereocenters. The number of hydrogen-bond acceptors (Lipinski definition) is 4. The van der Waals surface area contributed by atoms with Crippen LogP contribution in [0, 0.1) is 11.3 Å². The van der Waals surface area contributed by atoms with Crippen molar-refractivity contribution in [2.24, 2.45) is 17.1 Å². The van der Waals surface area contributed by atoms with E-state index in [-0.39, 0.29) is 11.5 Å². The van der Waals surface area contributed by atoms with Gasteiger partial charge in [-0.15, -0.1) is 0 Å². The lowest BCUT2D eigenvalue weighted by Gasteiger charge is -2.23. The van der Waals surface area contributed by atoms with Crippen molar-refractivity contribution in [1.29, 1.82) is 0 Å². The van der Waals surface area contributed by atoms with Gasteiger partial charge in [0.05, 0.1) is 6.04 Å². The zero-order valence-electron chi connectivity index (χ0n) is 9.66. The molecule has 1 fully saturated rings. The fourth-order valence-corrected chi connectivity index (χ4v) is 1.43. The van der Waals surface area contributed by atoms with Crippen molar-refractivity contribution in [3.63, 3.8) is 0 Å². The Kier molecular flexibility index (Phi) is 2.54. The highest BCUT2D eigenvalue weighted by atomic mass is 16.5. The molecule has 15 heavy (non-hydrogen) atoms. The molecule has 1 aromatic heterocycles. The molecule has 1 saturated carbocycles. The molecule has 0 aromatic carbocycles. The van der Waals surface area contributed by atoms with Crippen LogP contribution < -0.4 is 5.73 Å². The maximum absolute atomic E-state index is 6.04. The van der Waals surface area contributed by atoms with E-state index in [4.69, 9.17) is 10.3 Å². The fourth-order valence-electron chi connectivity index (χ4n) is 1.43. The molecule has 0 unspecified atom stereocenters. The predicted octanol–water partition coefficient (Wildman–Crippen LogP) is 2.07. The number of hydrogen-bond donors (Lipinski definition) is 1. The highest BCUT2D eigenvalue weighted by Gasteiger charge is 2.29. The van der Waals surface area contributed by atoms with Crippen molar-refractivity contribution in [3.8, 4) is 0 Å². The van der Waals surface area contributed by atoms with Crippen LogP contribution in [0.1, 0.15) is 51.4 Å². The third kappa shape index (κ3) is 2.56. The van der Waals surface area contributed by atoms with Crippen LogP contribution in [0.4, 0.5) is 0 Å². The van der Waals surface area contributed by atoms with Gasteiger partial charge in [0.25, 0.3) is 0 Å². The summed E-state index contributed by atoms with van der Waals surface area (Å²) in [5.41, 5.74) is 6.00. The summed E-state index contributed by atoms with van der Waals surface area (Å²) in [6.45, 7) is 6.22. The third-order valence-corrected chi connectivity index (χ3v) is 2.85. The average Bonchev–Trinajstić information content (AvgIpc) is 2.80. The summed E-state index contributed by atoms with van der Waals surface area (Å²) < 4.78 is 5.20. The molecule has 0 saturated heterocycles. The quantitative estimate of drug-likeness (QED) is 0.827. The molecule has 1 aromatic rings. The molecule has 84 valence electrons. The van der Waals surface area contributed by atoms with E-state index >= 15 is 0 Å². The van der Waals surface area contributed by atoms with Gasteiger partial charge in [0.15, 0.2) is 5.82 Å². The number of nitrogens with two attached hydrogens (primary N) is 1. The molecule has 0 radical (unpaired) electrons. The maximum atomic E-state index is 6.04. The number of nitrogens with zero attached hydrogens (tertiary/aromatic N) is 2. The van der Waals surface area contributed by atoms with Gasteiger partial charge in [0, 0.05) is 6.42 Å². The van der Waals surface area contributed by atoms with Gasteiger partial charge >= 0.3 is 0 Å². The lowest BCUT2D eigenvalue weighted by atomic mass is 9.87. The van der Waals surface area contributed by atoms with E-state index in [9.17, 15) is 0 Å². The Bertz CT molecular complexity index is 336. The Hall–Kier alpha value is -0.900. The third-order valence-electron chi connectivity index (χ3n) is 2.85. The topological polar surface area (TPSA) is 64.9 Å². The predicted molar refractivity (Wildman–Crippen MR) is 57.1 cm³/mol. The Balaban J connectivity index is 2.05. The lowest BCUT2D eigenvalue weighted by Crippen LogP contribution is -2.26. The molecular weight excluding hydrogens is 190 g/mol. The Morgan fingerprint density at radius 2 is 2.13 bits per heavy atom. The largest absolute Gasteiger partial charge is 0.338 e. The summed E-state index contributed by atoms with van der Waals surface area (Å²) in [5, 5.41) is 3.96. The zero-order valence-corrected chi connectivity index (χ0v) is 9.66. The Labute approximate surface area is 90.2 Å². The van der Waals surface area contributed by atoms with E-state index in [1.165, 1.54) is 12.8 Å². The summed E-state index contributed by atoms with van der Waals surface area (Å²) in [5.74, 6) is 2.16. The summed E-state index contributed by atoms with van der Waals surface area (Å²) in [6.07, 6.45) is 3.55. The molecule has 2 rings (SSSR count). The summed E-state index contributed by atoms with van der Waals surface area (Å²) in [6, 6.07) is -0.182. The van der Waals surface area contributed by atoms with E-state index in [0.717, 1.165) is 18.2 Å². The first-order chi connectivity index (χ1) is 6.97. The first-order valence-electron chi connectivity index (χ1n) is 5.55. The molecule has 1 heterocycles. The van der Waals surface area contributed by atoms with Gasteiger partial charge in [-0.05, 0) is 24.2 Å². The second-order valence-electron chi connectivity index (χ2n) is 5.54. The van der Waals surface area contributed by atoms with Gasteiger partial charge in [-0.1, -0.05) is 25.9 Å². The number of aromatic nitrogens is 2. The van der Waals surface area contributed by atoms with E-state index in [1.54, 1.807) is 0 Å². The zero-order chi connectivity index (χ0) is 11.1. The van der Waals surface area contributed by atoms with E-state index in [0.29, 0.717) is 5.89 Å². The highest BCUT2D eigenvalue weighted by Crippen LogP contribution is 2.33. The fraction of sp³-hybridized carbons (Fsp3) is 0.818. The van der Waals surface area contributed by atoms with Crippen molar-refractivity contribution >= 4 is 0 Å². The Morgan fingerprint density at radius 3 is 2.67 bits per heavy atom. The first-order valence-corrected chi connectivity index (χ1v) is 5.55. The van der Waals surface area contributed by atoms with Crippen LogP contribution in [-0.2, 0) is 6.42 Å². The second kappa shape index (κ2) is 3.59. The molecule has 4 nitrogen and oxygen atoms in total. The van der Waals surface area contributed by atoms with Crippen LogP contribution in [-0.4, -0.2) is 10.1 Å². The molecule has 1 aliphatic rings. The normalized spacial score (nSPS) is 19.2. The molecule has 2 N–H and O–H groups in total. The molecule has 1 aliphatic carbocycles. The smallest absolute Gasteiger partial charge is 0.244 e. The molecule has 0 bridgehead atoms. The van der Waals surface area contributed by atoms with Crippen molar-refractivity contribution in [2.75, 3.05) is 0 Å². The monoisotopic (exact) mass is 209 g/mol. The highest BCUT2D eigenvalue weighted by molar-refractivity contribution is 4.98. The molecular formula is C11H19N3O. The molecule has 0 aliphatic heterocycles. The van der Waals surface area contributed by atoms with Gasteiger partial charge in [0.2, 0.25) is 5.89 Å². The summed E-state index contributed by atoms with van der Waals surface area (Å²) >= 11 is 0. The lowest BCUT2D eigenvalue weighted by molar-refractivity contribution is 0.252. The summed E-state index contributed by atoms with van der Waals surface area (Å²) in [7, 11) is 0. The van der Waals surface area contributed by atoms with Crippen molar-refractivity contribution < 1.29 is 4.52 Å². The average molecular weight is 209 g/mol. The molecule has 4 heteroatoms. The van der Waals surface area contributed by atoms with Crippen molar-refractivity contribution in [3.05, 3.63) is 11.7 Å². The standard InChI is InChI=1S/C11H19N3O/c1-11(2,3)9(12)10-13-8(14-15-10)6-7-4-5-7/h7,9H,4-6,12H2,1-3H3/t9-/m1/s1. The van der Waals surface area contributed by atoms with Gasteiger partial charge in [-0.25, -0.2) is 0 Å². The van der Waals surface area contributed by atoms with Crippen LogP contribution in [0.25, 0.3) is 0 Å². The van der Waals surface area contributed by atoms with Crippen LogP contribution in [0.3, 0.4) is 0 Å². The minimum absolute atomic E-state index is 0.0383. The van der Waals surface area contributed by atoms with Crippen molar-refractivity contribution in [1.82, 2.24) is 10.1 Å². The minimum atomic E-state index is -0.182. The van der Waals surface area contributed by atoms with Crippen LogP contribution in [0.2, 0.25) is 0 Å². The number of rotatable bonds is 3. The SMILES string of the molecule is CC(C)(C)[C@H](N)c1nc(CC2CC2)no1. The van der Waals surface area contributed by atoms with Crippen LogP contribution in [0.15, 0.2) is 4.52 Å². The van der Waals surface area contributed by atoms with E-state index < -0.39 is 0 Å².